The normalized spacial score (nSPS) is 20.0. The van der Waals surface area contributed by atoms with Gasteiger partial charge in [-0.1, -0.05) is 0 Å². The summed E-state index contributed by atoms with van der Waals surface area (Å²) in [4.78, 5) is 20.5. The molecule has 10 heteroatoms. The van der Waals surface area contributed by atoms with Gasteiger partial charge in [-0.3, -0.25) is 5.10 Å². The average molecular weight is 394 g/mol. The molecule has 2 saturated heterocycles. The highest BCUT2D eigenvalue weighted by Crippen LogP contribution is 2.37. The standard InChI is InChI=1S/C18H21F3N6O/c19-18(20,21)13-3-4-15(26-6-1-2-7-26)14(9-13)24-17(28)27-8-5-12(10-27)16-22-11-23-25-16/h3-4,9,11-12H,1-2,5-8,10H2,(H,24,28)(H,22,23,25). The van der Waals surface area contributed by atoms with Crippen molar-refractivity contribution >= 4 is 17.4 Å². The van der Waals surface area contributed by atoms with Gasteiger partial charge in [-0.2, -0.15) is 18.3 Å². The first kappa shape index (κ1) is 18.6. The van der Waals surface area contributed by atoms with Gasteiger partial charge in [-0.05, 0) is 37.5 Å². The Balaban J connectivity index is 1.53. The number of carbonyl (C=O) groups excluding carboxylic acids is 1. The molecule has 4 rings (SSSR count). The minimum absolute atomic E-state index is 0.0489. The summed E-state index contributed by atoms with van der Waals surface area (Å²) in [5, 5.41) is 9.34. The molecular weight excluding hydrogens is 373 g/mol. The highest BCUT2D eigenvalue weighted by molar-refractivity contribution is 5.93. The number of carbonyl (C=O) groups is 1. The van der Waals surface area contributed by atoms with Gasteiger partial charge in [-0.15, -0.1) is 0 Å². The first-order valence-electron chi connectivity index (χ1n) is 9.29. The fraction of sp³-hybridized carbons (Fsp3) is 0.500. The molecule has 0 bridgehead atoms. The molecule has 150 valence electrons. The smallest absolute Gasteiger partial charge is 0.370 e. The van der Waals surface area contributed by atoms with Crippen LogP contribution in [0.2, 0.25) is 0 Å². The number of likely N-dealkylation sites (tertiary alicyclic amines) is 1. The number of hydrogen-bond acceptors (Lipinski definition) is 4. The monoisotopic (exact) mass is 394 g/mol. The quantitative estimate of drug-likeness (QED) is 0.836. The number of benzene rings is 1. The van der Waals surface area contributed by atoms with Gasteiger partial charge >= 0.3 is 12.2 Å². The van der Waals surface area contributed by atoms with Crippen molar-refractivity contribution in [3.63, 3.8) is 0 Å². The first-order chi connectivity index (χ1) is 13.4. The number of halogens is 3. The van der Waals surface area contributed by atoms with Gasteiger partial charge in [0, 0.05) is 32.1 Å². The SMILES string of the molecule is O=C(Nc1cc(C(F)(F)F)ccc1N1CCCC1)N1CCC(c2ncn[nH]2)C1. The van der Waals surface area contributed by atoms with Gasteiger partial charge in [-0.25, -0.2) is 9.78 Å². The predicted octanol–water partition coefficient (Wildman–Crippen LogP) is 3.45. The summed E-state index contributed by atoms with van der Waals surface area (Å²) in [6.07, 6.45) is -0.347. The van der Waals surface area contributed by atoms with Gasteiger partial charge in [0.2, 0.25) is 0 Å². The van der Waals surface area contributed by atoms with Crippen LogP contribution in [-0.2, 0) is 6.18 Å². The van der Waals surface area contributed by atoms with Gasteiger partial charge in [0.05, 0.1) is 16.9 Å². The predicted molar refractivity (Wildman–Crippen MR) is 97.2 cm³/mol. The number of anilines is 2. The van der Waals surface area contributed by atoms with Crippen molar-refractivity contribution in [3.8, 4) is 0 Å². The van der Waals surface area contributed by atoms with Crippen LogP contribution in [0.15, 0.2) is 24.5 Å². The van der Waals surface area contributed by atoms with E-state index in [-0.39, 0.29) is 11.6 Å². The zero-order chi connectivity index (χ0) is 19.7. The Bertz CT molecular complexity index is 832. The van der Waals surface area contributed by atoms with E-state index in [0.29, 0.717) is 24.6 Å². The summed E-state index contributed by atoms with van der Waals surface area (Å²) in [6, 6.07) is 3.14. The van der Waals surface area contributed by atoms with Crippen molar-refractivity contribution in [3.05, 3.63) is 35.9 Å². The Kier molecular flexibility index (Phi) is 4.86. The second-order valence-electron chi connectivity index (χ2n) is 7.16. The van der Waals surface area contributed by atoms with Crippen LogP contribution in [0.4, 0.5) is 29.3 Å². The Morgan fingerprint density at radius 1 is 1.21 bits per heavy atom. The van der Waals surface area contributed by atoms with Crippen molar-refractivity contribution in [2.45, 2.75) is 31.4 Å². The molecule has 28 heavy (non-hydrogen) atoms. The zero-order valence-corrected chi connectivity index (χ0v) is 15.2. The van der Waals surface area contributed by atoms with Crippen LogP contribution in [-0.4, -0.2) is 52.3 Å². The van der Waals surface area contributed by atoms with Crippen LogP contribution in [0.3, 0.4) is 0 Å². The Morgan fingerprint density at radius 2 is 2.00 bits per heavy atom. The molecule has 7 nitrogen and oxygen atoms in total. The maximum Gasteiger partial charge on any atom is 0.416 e. The van der Waals surface area contributed by atoms with Crippen LogP contribution in [0.25, 0.3) is 0 Å². The minimum Gasteiger partial charge on any atom is -0.370 e. The third kappa shape index (κ3) is 3.76. The largest absolute Gasteiger partial charge is 0.416 e. The molecule has 2 N–H and O–H groups in total. The van der Waals surface area contributed by atoms with E-state index >= 15 is 0 Å². The number of amides is 2. The van der Waals surface area contributed by atoms with Crippen LogP contribution in [0.1, 0.15) is 36.6 Å². The molecule has 0 aliphatic carbocycles. The van der Waals surface area contributed by atoms with Gasteiger partial charge in [0.25, 0.3) is 0 Å². The van der Waals surface area contributed by atoms with E-state index in [9.17, 15) is 18.0 Å². The number of nitrogens with zero attached hydrogens (tertiary/aromatic N) is 4. The summed E-state index contributed by atoms with van der Waals surface area (Å²) >= 11 is 0. The molecular formula is C18H21F3N6O. The number of alkyl halides is 3. The molecule has 1 unspecified atom stereocenters. The molecule has 1 aromatic carbocycles. The van der Waals surface area contributed by atoms with Crippen LogP contribution in [0.5, 0.6) is 0 Å². The van der Waals surface area contributed by atoms with Gasteiger partial charge < -0.3 is 15.1 Å². The molecule has 2 amide bonds. The third-order valence-electron chi connectivity index (χ3n) is 5.31. The minimum atomic E-state index is -4.46. The summed E-state index contributed by atoms with van der Waals surface area (Å²) in [5.41, 5.74) is 0.0568. The van der Waals surface area contributed by atoms with Crippen molar-refractivity contribution in [1.29, 1.82) is 0 Å². The highest BCUT2D eigenvalue weighted by atomic mass is 19.4. The lowest BCUT2D eigenvalue weighted by atomic mass is 10.1. The molecule has 0 spiro atoms. The molecule has 3 heterocycles. The number of rotatable bonds is 3. The van der Waals surface area contributed by atoms with E-state index in [4.69, 9.17) is 0 Å². The number of nitrogens with one attached hydrogen (secondary N) is 2. The van der Waals surface area contributed by atoms with Crippen molar-refractivity contribution < 1.29 is 18.0 Å². The number of aromatic nitrogens is 3. The molecule has 2 fully saturated rings. The zero-order valence-electron chi connectivity index (χ0n) is 15.2. The number of urea groups is 1. The summed E-state index contributed by atoms with van der Waals surface area (Å²) in [6.45, 7) is 2.49. The van der Waals surface area contributed by atoms with Crippen LogP contribution >= 0.6 is 0 Å². The average Bonchev–Trinajstić information content (AvgIpc) is 3.42. The first-order valence-corrected chi connectivity index (χ1v) is 9.29. The molecule has 0 saturated carbocycles. The summed E-state index contributed by atoms with van der Waals surface area (Å²) in [7, 11) is 0. The molecule has 2 aromatic rings. The fourth-order valence-electron chi connectivity index (χ4n) is 3.82. The third-order valence-corrected chi connectivity index (χ3v) is 5.31. The van der Waals surface area contributed by atoms with E-state index in [2.05, 4.69) is 20.5 Å². The number of hydrogen-bond donors (Lipinski definition) is 2. The van der Waals surface area contributed by atoms with Crippen molar-refractivity contribution in [2.24, 2.45) is 0 Å². The van der Waals surface area contributed by atoms with Gasteiger partial charge in [0.1, 0.15) is 12.2 Å². The van der Waals surface area contributed by atoms with Crippen molar-refractivity contribution in [1.82, 2.24) is 20.1 Å². The Labute approximate surface area is 159 Å². The second-order valence-corrected chi connectivity index (χ2v) is 7.16. The fourth-order valence-corrected chi connectivity index (χ4v) is 3.82. The molecule has 0 radical (unpaired) electrons. The molecule has 2 aliphatic rings. The molecule has 1 aromatic heterocycles. The van der Waals surface area contributed by atoms with Crippen LogP contribution < -0.4 is 10.2 Å². The maximum atomic E-state index is 13.2. The lowest BCUT2D eigenvalue weighted by Crippen LogP contribution is -2.33. The maximum absolute atomic E-state index is 13.2. The van der Waals surface area contributed by atoms with E-state index < -0.39 is 17.8 Å². The van der Waals surface area contributed by atoms with E-state index in [1.54, 1.807) is 4.90 Å². The summed E-state index contributed by atoms with van der Waals surface area (Å²) < 4.78 is 39.5. The van der Waals surface area contributed by atoms with E-state index in [1.165, 1.54) is 12.4 Å². The Hall–Kier alpha value is -2.78. The van der Waals surface area contributed by atoms with Gasteiger partial charge in [0.15, 0.2) is 0 Å². The van der Waals surface area contributed by atoms with E-state index in [0.717, 1.165) is 44.5 Å². The lowest BCUT2D eigenvalue weighted by molar-refractivity contribution is -0.137. The topological polar surface area (TPSA) is 77.2 Å². The lowest BCUT2D eigenvalue weighted by Gasteiger charge is -2.24. The number of H-pyrrole nitrogens is 1. The second kappa shape index (κ2) is 7.33. The molecule has 2 aliphatic heterocycles. The van der Waals surface area contributed by atoms with Crippen LogP contribution in [0, 0.1) is 0 Å². The van der Waals surface area contributed by atoms with Crippen molar-refractivity contribution in [2.75, 3.05) is 36.4 Å². The van der Waals surface area contributed by atoms with E-state index in [1.807, 2.05) is 4.90 Å². The molecule has 1 atom stereocenters. The summed E-state index contributed by atoms with van der Waals surface area (Å²) in [5.74, 6) is 0.764. The Morgan fingerprint density at radius 3 is 2.68 bits per heavy atom. The number of aromatic amines is 1. The highest BCUT2D eigenvalue weighted by Gasteiger charge is 2.33.